The summed E-state index contributed by atoms with van der Waals surface area (Å²) in [7, 11) is -3.49. The maximum Gasteiger partial charge on any atom is 0.260 e. The molecule has 0 spiro atoms. The van der Waals surface area contributed by atoms with E-state index in [1.165, 1.54) is 12.3 Å². The van der Waals surface area contributed by atoms with Crippen LogP contribution in [0.2, 0.25) is 0 Å². The summed E-state index contributed by atoms with van der Waals surface area (Å²) in [5.41, 5.74) is 0.819. The van der Waals surface area contributed by atoms with E-state index in [0.717, 1.165) is 31.2 Å². The SMILES string of the molecule is CCCCN(CCCC)S(=O)(=O)c1ccc(CCl)cn1. The number of alkyl halides is 1. The van der Waals surface area contributed by atoms with E-state index in [1.807, 2.05) is 0 Å². The fourth-order valence-electron chi connectivity index (χ4n) is 1.80. The molecule has 4 nitrogen and oxygen atoms in total. The van der Waals surface area contributed by atoms with Gasteiger partial charge in [0.1, 0.15) is 0 Å². The van der Waals surface area contributed by atoms with Gasteiger partial charge in [-0.2, -0.15) is 4.31 Å². The maximum absolute atomic E-state index is 12.6. The normalized spacial score (nSPS) is 12.0. The Morgan fingerprint density at radius 1 is 1.15 bits per heavy atom. The maximum atomic E-state index is 12.6. The smallest absolute Gasteiger partial charge is 0.243 e. The van der Waals surface area contributed by atoms with Gasteiger partial charge in [-0.25, -0.2) is 13.4 Å². The summed E-state index contributed by atoms with van der Waals surface area (Å²) in [4.78, 5) is 4.04. The van der Waals surface area contributed by atoms with E-state index in [2.05, 4.69) is 18.8 Å². The number of rotatable bonds is 9. The number of nitrogens with zero attached hydrogens (tertiary/aromatic N) is 2. The molecule has 1 aromatic rings. The van der Waals surface area contributed by atoms with Gasteiger partial charge in [0, 0.05) is 25.2 Å². The van der Waals surface area contributed by atoms with Gasteiger partial charge in [0.25, 0.3) is 10.0 Å². The average Bonchev–Trinajstić information content (AvgIpc) is 2.47. The molecule has 0 aromatic carbocycles. The van der Waals surface area contributed by atoms with Crippen molar-refractivity contribution in [2.75, 3.05) is 13.1 Å². The Morgan fingerprint density at radius 2 is 1.75 bits per heavy atom. The van der Waals surface area contributed by atoms with Crippen molar-refractivity contribution >= 4 is 21.6 Å². The molecule has 0 N–H and O–H groups in total. The van der Waals surface area contributed by atoms with Crippen LogP contribution in [0.5, 0.6) is 0 Å². The van der Waals surface area contributed by atoms with E-state index in [1.54, 1.807) is 10.4 Å². The van der Waals surface area contributed by atoms with Crippen LogP contribution in [0.1, 0.15) is 45.1 Å². The predicted octanol–water partition coefficient (Wildman–Crippen LogP) is 3.41. The average molecular weight is 319 g/mol. The lowest BCUT2D eigenvalue weighted by atomic mass is 10.3. The van der Waals surface area contributed by atoms with Crippen LogP contribution in [0.4, 0.5) is 0 Å². The Kier molecular flexibility index (Phi) is 7.48. The number of halogens is 1. The van der Waals surface area contributed by atoms with Gasteiger partial charge in [-0.15, -0.1) is 11.6 Å². The Bertz CT molecular complexity index is 480. The molecule has 0 bridgehead atoms. The van der Waals surface area contributed by atoms with Gasteiger partial charge in [0.05, 0.1) is 0 Å². The second-order valence-corrected chi connectivity index (χ2v) is 6.90. The van der Waals surface area contributed by atoms with E-state index in [-0.39, 0.29) is 5.03 Å². The van der Waals surface area contributed by atoms with E-state index >= 15 is 0 Å². The van der Waals surface area contributed by atoms with E-state index < -0.39 is 10.0 Å². The lowest BCUT2D eigenvalue weighted by molar-refractivity contribution is 0.393. The van der Waals surface area contributed by atoms with E-state index in [4.69, 9.17) is 11.6 Å². The molecule has 0 atom stereocenters. The van der Waals surface area contributed by atoms with Crippen LogP contribution < -0.4 is 0 Å². The summed E-state index contributed by atoms with van der Waals surface area (Å²) in [5, 5.41) is 0.110. The van der Waals surface area contributed by atoms with Crippen molar-refractivity contribution < 1.29 is 8.42 Å². The highest BCUT2D eigenvalue weighted by molar-refractivity contribution is 7.89. The van der Waals surface area contributed by atoms with Crippen LogP contribution in [0, 0.1) is 0 Å². The van der Waals surface area contributed by atoms with Gasteiger partial charge in [0.15, 0.2) is 5.03 Å². The van der Waals surface area contributed by atoms with Gasteiger partial charge >= 0.3 is 0 Å². The molecule has 20 heavy (non-hydrogen) atoms. The molecular formula is C14H23ClN2O2S. The lowest BCUT2D eigenvalue weighted by Gasteiger charge is -2.21. The second kappa shape index (κ2) is 8.60. The summed E-state index contributed by atoms with van der Waals surface area (Å²) in [5.74, 6) is 0.336. The predicted molar refractivity (Wildman–Crippen MR) is 82.4 cm³/mol. The molecule has 0 unspecified atom stereocenters. The molecular weight excluding hydrogens is 296 g/mol. The molecule has 0 aliphatic heterocycles. The highest BCUT2D eigenvalue weighted by Gasteiger charge is 2.24. The van der Waals surface area contributed by atoms with Crippen molar-refractivity contribution in [3.63, 3.8) is 0 Å². The number of pyridine rings is 1. The molecule has 0 aliphatic carbocycles. The zero-order valence-corrected chi connectivity index (χ0v) is 13.8. The van der Waals surface area contributed by atoms with Gasteiger partial charge in [-0.1, -0.05) is 32.8 Å². The highest BCUT2D eigenvalue weighted by atomic mass is 35.5. The Morgan fingerprint density at radius 3 is 2.15 bits per heavy atom. The number of hydrogen-bond acceptors (Lipinski definition) is 3. The summed E-state index contributed by atoms with van der Waals surface area (Å²) < 4.78 is 26.7. The third kappa shape index (κ3) is 4.72. The molecule has 0 radical (unpaired) electrons. The standard InChI is InChI=1S/C14H23ClN2O2S/c1-3-5-9-17(10-6-4-2)20(18,19)14-8-7-13(11-15)12-16-14/h7-8,12H,3-6,9-11H2,1-2H3. The van der Waals surface area contributed by atoms with Crippen LogP contribution in [0.15, 0.2) is 23.4 Å². The minimum absolute atomic E-state index is 0.110. The van der Waals surface area contributed by atoms with Crippen LogP contribution >= 0.6 is 11.6 Å². The summed E-state index contributed by atoms with van der Waals surface area (Å²) >= 11 is 5.69. The van der Waals surface area contributed by atoms with Crippen molar-refractivity contribution in [3.8, 4) is 0 Å². The quantitative estimate of drug-likeness (QED) is 0.656. The number of sulfonamides is 1. The van der Waals surface area contributed by atoms with Gasteiger partial charge in [-0.05, 0) is 24.5 Å². The van der Waals surface area contributed by atoms with Gasteiger partial charge < -0.3 is 0 Å². The lowest BCUT2D eigenvalue weighted by Crippen LogP contribution is -2.33. The minimum atomic E-state index is -3.49. The van der Waals surface area contributed by atoms with Crippen molar-refractivity contribution in [1.29, 1.82) is 0 Å². The third-order valence-corrected chi connectivity index (χ3v) is 5.20. The van der Waals surface area contributed by atoms with Crippen LogP contribution in [0.25, 0.3) is 0 Å². The molecule has 0 fully saturated rings. The first-order valence-electron chi connectivity index (χ1n) is 7.07. The first kappa shape index (κ1) is 17.4. The van der Waals surface area contributed by atoms with Crippen molar-refractivity contribution in [2.24, 2.45) is 0 Å². The molecule has 0 amide bonds. The van der Waals surface area contributed by atoms with Crippen LogP contribution in [-0.2, 0) is 15.9 Å². The first-order chi connectivity index (χ1) is 9.56. The van der Waals surface area contributed by atoms with Crippen LogP contribution in [0.3, 0.4) is 0 Å². The largest absolute Gasteiger partial charge is 0.260 e. The van der Waals surface area contributed by atoms with Crippen LogP contribution in [-0.4, -0.2) is 30.8 Å². The van der Waals surface area contributed by atoms with Gasteiger partial charge in [-0.3, -0.25) is 0 Å². The van der Waals surface area contributed by atoms with Crippen molar-refractivity contribution in [3.05, 3.63) is 23.9 Å². The van der Waals surface area contributed by atoms with Crippen molar-refractivity contribution in [1.82, 2.24) is 9.29 Å². The molecule has 6 heteroatoms. The molecule has 1 rings (SSSR count). The summed E-state index contributed by atoms with van der Waals surface area (Å²) in [6.07, 6.45) is 5.19. The van der Waals surface area contributed by atoms with Crippen molar-refractivity contribution in [2.45, 2.75) is 50.4 Å². The zero-order valence-electron chi connectivity index (χ0n) is 12.2. The Hall–Kier alpha value is -0.650. The summed E-state index contributed by atoms with van der Waals surface area (Å²) in [6.45, 7) is 5.21. The number of aromatic nitrogens is 1. The Labute approximate surface area is 127 Å². The van der Waals surface area contributed by atoms with E-state index in [9.17, 15) is 8.42 Å². The molecule has 1 heterocycles. The third-order valence-electron chi connectivity index (χ3n) is 3.08. The van der Waals surface area contributed by atoms with Gasteiger partial charge in [0.2, 0.25) is 0 Å². The Balaban J connectivity index is 2.94. The second-order valence-electron chi connectivity index (χ2n) is 4.75. The fourth-order valence-corrected chi connectivity index (χ4v) is 3.38. The minimum Gasteiger partial charge on any atom is -0.243 e. The zero-order chi connectivity index (χ0) is 15.0. The monoisotopic (exact) mass is 318 g/mol. The summed E-state index contributed by atoms with van der Waals surface area (Å²) in [6, 6.07) is 3.25. The fraction of sp³-hybridized carbons (Fsp3) is 0.643. The first-order valence-corrected chi connectivity index (χ1v) is 9.04. The topological polar surface area (TPSA) is 50.3 Å². The number of unbranched alkanes of at least 4 members (excludes halogenated alkanes) is 2. The number of hydrogen-bond donors (Lipinski definition) is 0. The highest BCUT2D eigenvalue weighted by Crippen LogP contribution is 2.16. The molecule has 114 valence electrons. The molecule has 0 aliphatic rings. The molecule has 1 aromatic heterocycles. The molecule has 0 saturated carbocycles. The molecule has 0 saturated heterocycles. The van der Waals surface area contributed by atoms with E-state index in [0.29, 0.717) is 19.0 Å².